The van der Waals surface area contributed by atoms with Crippen LogP contribution in [0.15, 0.2) is 70.6 Å². The van der Waals surface area contributed by atoms with E-state index in [0.29, 0.717) is 18.1 Å². The highest BCUT2D eigenvalue weighted by molar-refractivity contribution is 5.94. The molecule has 0 fully saturated rings. The standard InChI is InChI=1S/C25H28N4O3/c1-2-3-4-5-11-16-32-23-15-10-9-14-20(23)18-26-29-24(30)22-17-21(27-25(31)28-22)19-12-7-6-8-13-19/h6-10,12-15,17-18H,2-5,11,16H2,1H3,(H,29,30)(H,27,28,31)/b26-18+. The zero-order chi connectivity index (χ0) is 22.6. The van der Waals surface area contributed by atoms with Gasteiger partial charge in [0.25, 0.3) is 5.91 Å². The van der Waals surface area contributed by atoms with Crippen molar-refractivity contribution in [3.05, 3.63) is 82.4 Å². The molecule has 0 bridgehead atoms. The Morgan fingerprint density at radius 3 is 2.62 bits per heavy atom. The number of ether oxygens (including phenoxy) is 1. The largest absolute Gasteiger partial charge is 0.493 e. The van der Waals surface area contributed by atoms with E-state index in [0.717, 1.165) is 24.0 Å². The van der Waals surface area contributed by atoms with Crippen LogP contribution >= 0.6 is 0 Å². The van der Waals surface area contributed by atoms with Gasteiger partial charge in [-0.2, -0.15) is 10.1 Å². The van der Waals surface area contributed by atoms with Crippen LogP contribution in [0, 0.1) is 0 Å². The van der Waals surface area contributed by atoms with Crippen molar-refractivity contribution in [2.45, 2.75) is 39.0 Å². The zero-order valence-electron chi connectivity index (χ0n) is 18.2. The molecule has 0 saturated carbocycles. The SMILES string of the molecule is CCCCCCCOc1ccccc1/C=N/NC(=O)c1cc(-c2ccccc2)nc(=O)[nH]1. The maximum Gasteiger partial charge on any atom is 0.346 e. The molecule has 1 aromatic heterocycles. The molecule has 7 nitrogen and oxygen atoms in total. The lowest BCUT2D eigenvalue weighted by Gasteiger charge is -2.09. The van der Waals surface area contributed by atoms with Gasteiger partial charge in [0.2, 0.25) is 0 Å². The predicted molar refractivity (Wildman–Crippen MR) is 126 cm³/mol. The lowest BCUT2D eigenvalue weighted by atomic mass is 10.1. The van der Waals surface area contributed by atoms with Crippen molar-refractivity contribution in [2.24, 2.45) is 5.10 Å². The number of carbonyl (C=O) groups excluding carboxylic acids is 1. The van der Waals surface area contributed by atoms with Crippen molar-refractivity contribution >= 4 is 12.1 Å². The Morgan fingerprint density at radius 1 is 1.06 bits per heavy atom. The molecule has 0 aliphatic heterocycles. The molecule has 0 radical (unpaired) electrons. The molecule has 1 amide bonds. The number of amides is 1. The van der Waals surface area contributed by atoms with Gasteiger partial charge in [0, 0.05) is 11.1 Å². The van der Waals surface area contributed by atoms with Gasteiger partial charge in [0.15, 0.2) is 0 Å². The number of nitrogens with zero attached hydrogens (tertiary/aromatic N) is 2. The van der Waals surface area contributed by atoms with Crippen LogP contribution in [0.1, 0.15) is 55.1 Å². The maximum atomic E-state index is 12.5. The first-order valence-corrected chi connectivity index (χ1v) is 10.9. The van der Waals surface area contributed by atoms with Gasteiger partial charge in [-0.25, -0.2) is 10.2 Å². The van der Waals surface area contributed by atoms with Crippen molar-refractivity contribution in [1.29, 1.82) is 0 Å². The molecule has 3 aromatic rings. The molecule has 166 valence electrons. The van der Waals surface area contributed by atoms with Gasteiger partial charge in [0.1, 0.15) is 11.4 Å². The summed E-state index contributed by atoms with van der Waals surface area (Å²) in [7, 11) is 0. The molecule has 7 heteroatoms. The summed E-state index contributed by atoms with van der Waals surface area (Å²) >= 11 is 0. The van der Waals surface area contributed by atoms with Gasteiger partial charge in [-0.3, -0.25) is 4.79 Å². The number of aromatic nitrogens is 2. The van der Waals surface area contributed by atoms with E-state index in [-0.39, 0.29) is 5.69 Å². The Hall–Kier alpha value is -3.74. The molecule has 0 spiro atoms. The fourth-order valence-corrected chi connectivity index (χ4v) is 3.16. The van der Waals surface area contributed by atoms with Crippen molar-refractivity contribution in [1.82, 2.24) is 15.4 Å². The Labute approximate surface area is 187 Å². The van der Waals surface area contributed by atoms with Crippen LogP contribution in [-0.4, -0.2) is 28.7 Å². The maximum absolute atomic E-state index is 12.5. The van der Waals surface area contributed by atoms with Crippen molar-refractivity contribution in [2.75, 3.05) is 6.61 Å². The van der Waals surface area contributed by atoms with Gasteiger partial charge in [0.05, 0.1) is 18.5 Å². The van der Waals surface area contributed by atoms with Gasteiger partial charge >= 0.3 is 5.69 Å². The van der Waals surface area contributed by atoms with Crippen molar-refractivity contribution in [3.8, 4) is 17.0 Å². The van der Waals surface area contributed by atoms with Crippen LogP contribution < -0.4 is 15.9 Å². The van der Waals surface area contributed by atoms with Gasteiger partial charge in [-0.15, -0.1) is 0 Å². The molecule has 0 saturated heterocycles. The van der Waals surface area contributed by atoms with E-state index in [9.17, 15) is 9.59 Å². The molecular weight excluding hydrogens is 404 g/mol. The van der Waals surface area contributed by atoms with E-state index >= 15 is 0 Å². The summed E-state index contributed by atoms with van der Waals surface area (Å²) in [6.45, 7) is 2.83. The average molecular weight is 433 g/mol. The van der Waals surface area contributed by atoms with Crippen LogP contribution in [0.5, 0.6) is 5.75 Å². The Bertz CT molecular complexity index is 1090. The molecule has 1 heterocycles. The van der Waals surface area contributed by atoms with Crippen LogP contribution in [0.2, 0.25) is 0 Å². The lowest BCUT2D eigenvalue weighted by Crippen LogP contribution is -2.24. The second-order valence-electron chi connectivity index (χ2n) is 7.35. The normalized spacial score (nSPS) is 10.9. The number of rotatable bonds is 11. The first kappa shape index (κ1) is 22.9. The third kappa shape index (κ3) is 6.91. The fraction of sp³-hybridized carbons (Fsp3) is 0.280. The summed E-state index contributed by atoms with van der Waals surface area (Å²) in [5, 5.41) is 4.03. The summed E-state index contributed by atoms with van der Waals surface area (Å²) in [6.07, 6.45) is 7.36. The number of hydrazone groups is 1. The number of H-pyrrole nitrogens is 1. The van der Waals surface area contributed by atoms with Crippen molar-refractivity contribution < 1.29 is 9.53 Å². The third-order valence-electron chi connectivity index (χ3n) is 4.85. The average Bonchev–Trinajstić information content (AvgIpc) is 2.82. The molecule has 32 heavy (non-hydrogen) atoms. The van der Waals surface area contributed by atoms with E-state index in [4.69, 9.17) is 4.74 Å². The summed E-state index contributed by atoms with van der Waals surface area (Å²) in [6, 6.07) is 18.2. The third-order valence-corrected chi connectivity index (χ3v) is 4.85. The Balaban J connectivity index is 1.61. The van der Waals surface area contributed by atoms with E-state index in [2.05, 4.69) is 27.4 Å². The molecule has 2 N–H and O–H groups in total. The number of aromatic amines is 1. The van der Waals surface area contributed by atoms with Crippen LogP contribution in [0.3, 0.4) is 0 Å². The number of benzene rings is 2. The summed E-state index contributed by atoms with van der Waals surface area (Å²) in [5.74, 6) is 0.178. The number of hydrogen-bond donors (Lipinski definition) is 2. The fourth-order valence-electron chi connectivity index (χ4n) is 3.16. The highest BCUT2D eigenvalue weighted by Gasteiger charge is 2.10. The van der Waals surface area contributed by atoms with Crippen LogP contribution in [-0.2, 0) is 0 Å². The van der Waals surface area contributed by atoms with Crippen molar-refractivity contribution in [3.63, 3.8) is 0 Å². The summed E-state index contributed by atoms with van der Waals surface area (Å²) in [4.78, 5) is 30.8. The highest BCUT2D eigenvalue weighted by atomic mass is 16.5. The predicted octanol–water partition coefficient (Wildman–Crippen LogP) is 4.55. The Kier molecular flexibility index (Phi) is 8.74. The number of carbonyl (C=O) groups is 1. The highest BCUT2D eigenvalue weighted by Crippen LogP contribution is 2.17. The van der Waals surface area contributed by atoms with Gasteiger partial charge in [-0.1, -0.05) is 75.1 Å². The number of unbranched alkanes of at least 4 members (excludes halogenated alkanes) is 4. The topological polar surface area (TPSA) is 96.4 Å². The second-order valence-corrected chi connectivity index (χ2v) is 7.35. The molecule has 2 aromatic carbocycles. The van der Waals surface area contributed by atoms with E-state index in [1.807, 2.05) is 54.6 Å². The number of nitrogens with one attached hydrogen (secondary N) is 2. The quantitative estimate of drug-likeness (QED) is 0.264. The van der Waals surface area contributed by atoms with E-state index in [1.165, 1.54) is 31.5 Å². The minimum atomic E-state index is -0.599. The van der Waals surface area contributed by atoms with E-state index < -0.39 is 11.6 Å². The summed E-state index contributed by atoms with van der Waals surface area (Å²) in [5.41, 5.74) is 3.85. The summed E-state index contributed by atoms with van der Waals surface area (Å²) < 4.78 is 5.88. The van der Waals surface area contributed by atoms with Crippen LogP contribution in [0.25, 0.3) is 11.3 Å². The Morgan fingerprint density at radius 2 is 1.81 bits per heavy atom. The lowest BCUT2D eigenvalue weighted by molar-refractivity contribution is 0.0949. The molecule has 0 atom stereocenters. The zero-order valence-corrected chi connectivity index (χ0v) is 18.2. The monoisotopic (exact) mass is 432 g/mol. The second kappa shape index (κ2) is 12.2. The molecular formula is C25H28N4O3. The van der Waals surface area contributed by atoms with E-state index in [1.54, 1.807) is 0 Å². The first-order chi connectivity index (χ1) is 15.7. The first-order valence-electron chi connectivity index (χ1n) is 10.9. The number of hydrogen-bond acceptors (Lipinski definition) is 5. The smallest absolute Gasteiger partial charge is 0.346 e. The molecule has 0 unspecified atom stereocenters. The van der Waals surface area contributed by atoms with Gasteiger partial charge < -0.3 is 9.72 Å². The molecule has 0 aliphatic carbocycles. The molecule has 0 aliphatic rings. The number of para-hydroxylation sites is 1. The minimum Gasteiger partial charge on any atom is -0.493 e. The van der Waals surface area contributed by atoms with Crippen LogP contribution in [0.4, 0.5) is 0 Å². The minimum absolute atomic E-state index is 0.0811. The molecule has 3 rings (SSSR count). The van der Waals surface area contributed by atoms with Gasteiger partial charge in [-0.05, 0) is 24.6 Å².